The van der Waals surface area contributed by atoms with Crippen LogP contribution < -0.4 is 10.6 Å². The van der Waals surface area contributed by atoms with Crippen molar-refractivity contribution in [2.75, 3.05) is 13.6 Å². The topological polar surface area (TPSA) is 41.1 Å². The first-order valence-corrected chi connectivity index (χ1v) is 7.66. The molecule has 1 aromatic rings. The lowest BCUT2D eigenvalue weighted by Gasteiger charge is -2.41. The molecule has 0 saturated heterocycles. The van der Waals surface area contributed by atoms with Crippen LogP contribution in [0.15, 0.2) is 18.2 Å². The van der Waals surface area contributed by atoms with Gasteiger partial charge in [-0.05, 0) is 44.5 Å². The van der Waals surface area contributed by atoms with Crippen LogP contribution in [0.2, 0.25) is 10.0 Å². The molecule has 1 fully saturated rings. The van der Waals surface area contributed by atoms with Crippen LogP contribution in [0.5, 0.6) is 0 Å². The van der Waals surface area contributed by atoms with Gasteiger partial charge in [-0.25, -0.2) is 0 Å². The van der Waals surface area contributed by atoms with Crippen molar-refractivity contribution in [2.24, 2.45) is 0 Å². The van der Waals surface area contributed by atoms with E-state index < -0.39 is 5.41 Å². The van der Waals surface area contributed by atoms with E-state index in [1.807, 2.05) is 26.1 Å². The zero-order valence-electron chi connectivity index (χ0n) is 12.2. The third-order valence-corrected chi connectivity index (χ3v) is 4.91. The van der Waals surface area contributed by atoms with Crippen LogP contribution >= 0.6 is 35.6 Å². The summed E-state index contributed by atoms with van der Waals surface area (Å²) in [5.41, 5.74) is 0.537. The number of hydrogen-bond donors (Lipinski definition) is 2. The van der Waals surface area contributed by atoms with Gasteiger partial charge in [-0.15, -0.1) is 12.4 Å². The zero-order valence-corrected chi connectivity index (χ0v) is 14.5. The maximum atomic E-state index is 12.5. The first-order chi connectivity index (χ1) is 9.49. The fourth-order valence-corrected chi connectivity index (χ4v) is 2.79. The molecule has 0 aliphatic heterocycles. The van der Waals surface area contributed by atoms with Gasteiger partial charge in [-0.3, -0.25) is 4.79 Å². The summed E-state index contributed by atoms with van der Waals surface area (Å²) in [6, 6.07) is 5.76. The van der Waals surface area contributed by atoms with E-state index in [0.29, 0.717) is 16.6 Å². The summed E-state index contributed by atoms with van der Waals surface area (Å²) >= 11 is 12.0. The standard InChI is InChI=1S/C15H20Cl2N2O.ClH/c1-10(18-2)9-19-14(20)15(6-3-7-15)11-4-5-12(16)13(17)8-11;/h4-5,8,10,18H,3,6-7,9H2,1-2H3,(H,19,20);1H. The number of hydrogen-bond acceptors (Lipinski definition) is 2. The Morgan fingerprint density at radius 3 is 2.48 bits per heavy atom. The summed E-state index contributed by atoms with van der Waals surface area (Å²) < 4.78 is 0. The molecular formula is C15H21Cl3N2O. The second-order valence-electron chi connectivity index (χ2n) is 5.46. The van der Waals surface area contributed by atoms with Crippen molar-refractivity contribution in [3.05, 3.63) is 33.8 Å². The normalized spacial score (nSPS) is 17.3. The van der Waals surface area contributed by atoms with Crippen LogP contribution in [0.4, 0.5) is 0 Å². The van der Waals surface area contributed by atoms with Crippen molar-refractivity contribution in [3.8, 4) is 0 Å². The summed E-state index contributed by atoms with van der Waals surface area (Å²) in [7, 11) is 1.88. The molecule has 0 spiro atoms. The van der Waals surface area contributed by atoms with Crippen molar-refractivity contribution < 1.29 is 4.79 Å². The van der Waals surface area contributed by atoms with Gasteiger partial charge < -0.3 is 10.6 Å². The summed E-state index contributed by atoms with van der Waals surface area (Å²) in [5.74, 6) is 0.0873. The predicted molar refractivity (Wildman–Crippen MR) is 90.8 cm³/mol. The van der Waals surface area contributed by atoms with Gasteiger partial charge in [0, 0.05) is 12.6 Å². The molecule has 118 valence electrons. The molecule has 1 saturated carbocycles. The monoisotopic (exact) mass is 350 g/mol. The third kappa shape index (κ3) is 3.84. The van der Waals surface area contributed by atoms with Gasteiger partial charge >= 0.3 is 0 Å². The summed E-state index contributed by atoms with van der Waals surface area (Å²) in [6.45, 7) is 2.66. The highest BCUT2D eigenvalue weighted by atomic mass is 35.5. The molecule has 2 rings (SSSR count). The van der Waals surface area contributed by atoms with Gasteiger partial charge in [0.2, 0.25) is 5.91 Å². The molecule has 1 amide bonds. The minimum absolute atomic E-state index is 0. The minimum atomic E-state index is -0.429. The van der Waals surface area contributed by atoms with Crippen molar-refractivity contribution in [1.82, 2.24) is 10.6 Å². The van der Waals surface area contributed by atoms with Gasteiger partial charge in [-0.2, -0.15) is 0 Å². The summed E-state index contributed by atoms with van der Waals surface area (Å²) in [5, 5.41) is 7.17. The van der Waals surface area contributed by atoms with Crippen LogP contribution in [0, 0.1) is 0 Å². The van der Waals surface area contributed by atoms with E-state index >= 15 is 0 Å². The molecule has 0 bridgehead atoms. The van der Waals surface area contributed by atoms with Gasteiger partial charge in [-0.1, -0.05) is 35.7 Å². The smallest absolute Gasteiger partial charge is 0.230 e. The van der Waals surface area contributed by atoms with Crippen molar-refractivity contribution >= 4 is 41.5 Å². The predicted octanol–water partition coefficient (Wildman–Crippen LogP) is 3.56. The maximum absolute atomic E-state index is 12.5. The SMILES string of the molecule is CNC(C)CNC(=O)C1(c2ccc(Cl)c(Cl)c2)CCC1.Cl. The average molecular weight is 352 g/mol. The van der Waals surface area contributed by atoms with Crippen LogP contribution in [0.3, 0.4) is 0 Å². The van der Waals surface area contributed by atoms with E-state index in [4.69, 9.17) is 23.2 Å². The molecule has 2 N–H and O–H groups in total. The second kappa shape index (κ2) is 7.68. The van der Waals surface area contributed by atoms with E-state index in [9.17, 15) is 4.79 Å². The Hall–Kier alpha value is -0.480. The van der Waals surface area contributed by atoms with E-state index in [1.54, 1.807) is 6.07 Å². The highest BCUT2D eigenvalue weighted by molar-refractivity contribution is 6.42. The molecular weight excluding hydrogens is 331 g/mol. The summed E-state index contributed by atoms with van der Waals surface area (Å²) in [4.78, 5) is 12.5. The Morgan fingerprint density at radius 2 is 2.00 bits per heavy atom. The molecule has 1 atom stereocenters. The second-order valence-corrected chi connectivity index (χ2v) is 6.28. The number of carbonyl (C=O) groups is 1. The van der Waals surface area contributed by atoms with E-state index in [-0.39, 0.29) is 24.4 Å². The molecule has 0 aromatic heterocycles. The van der Waals surface area contributed by atoms with Gasteiger partial charge in [0.15, 0.2) is 0 Å². The van der Waals surface area contributed by atoms with Crippen LogP contribution in [-0.2, 0) is 10.2 Å². The molecule has 21 heavy (non-hydrogen) atoms. The van der Waals surface area contributed by atoms with Crippen LogP contribution in [0.1, 0.15) is 31.7 Å². The van der Waals surface area contributed by atoms with Crippen molar-refractivity contribution in [1.29, 1.82) is 0 Å². The average Bonchev–Trinajstić information content (AvgIpc) is 2.38. The van der Waals surface area contributed by atoms with Crippen LogP contribution in [0.25, 0.3) is 0 Å². The molecule has 1 aliphatic rings. The first-order valence-electron chi connectivity index (χ1n) is 6.91. The maximum Gasteiger partial charge on any atom is 0.230 e. The number of halogens is 3. The van der Waals surface area contributed by atoms with E-state index in [2.05, 4.69) is 10.6 Å². The Morgan fingerprint density at radius 1 is 1.33 bits per heavy atom. The Bertz CT molecular complexity index is 504. The number of nitrogens with one attached hydrogen (secondary N) is 2. The number of carbonyl (C=O) groups excluding carboxylic acids is 1. The lowest BCUT2D eigenvalue weighted by molar-refractivity contribution is -0.130. The zero-order chi connectivity index (χ0) is 14.8. The molecule has 0 heterocycles. The first kappa shape index (κ1) is 18.6. The quantitative estimate of drug-likeness (QED) is 0.851. The fourth-order valence-electron chi connectivity index (χ4n) is 2.49. The lowest BCUT2D eigenvalue weighted by atomic mass is 9.64. The summed E-state index contributed by atoms with van der Waals surface area (Å²) in [6.07, 6.45) is 2.80. The van der Waals surface area contributed by atoms with Crippen LogP contribution in [-0.4, -0.2) is 25.5 Å². The lowest BCUT2D eigenvalue weighted by Crippen LogP contribution is -2.51. The third-order valence-electron chi connectivity index (χ3n) is 4.18. The van der Waals surface area contributed by atoms with Gasteiger partial charge in [0.1, 0.15) is 0 Å². The van der Waals surface area contributed by atoms with Gasteiger partial charge in [0.05, 0.1) is 15.5 Å². The highest BCUT2D eigenvalue weighted by Gasteiger charge is 2.45. The van der Waals surface area contributed by atoms with Gasteiger partial charge in [0.25, 0.3) is 0 Å². The molecule has 0 radical (unpaired) electrons. The molecule has 3 nitrogen and oxygen atoms in total. The fraction of sp³-hybridized carbons (Fsp3) is 0.533. The Labute approximate surface area is 142 Å². The largest absolute Gasteiger partial charge is 0.354 e. The molecule has 1 aromatic carbocycles. The molecule has 1 unspecified atom stereocenters. The van der Waals surface area contributed by atoms with Crippen molar-refractivity contribution in [2.45, 2.75) is 37.6 Å². The highest BCUT2D eigenvalue weighted by Crippen LogP contribution is 2.45. The number of likely N-dealkylation sites (N-methyl/N-ethyl adjacent to an activating group) is 1. The van der Waals surface area contributed by atoms with Crippen molar-refractivity contribution in [3.63, 3.8) is 0 Å². The molecule has 6 heteroatoms. The van der Waals surface area contributed by atoms with E-state index in [0.717, 1.165) is 24.8 Å². The minimum Gasteiger partial charge on any atom is -0.354 e. The number of amides is 1. The molecule has 1 aliphatic carbocycles. The Balaban J connectivity index is 0.00000220. The Kier molecular flexibility index (Phi) is 6.79. The number of benzene rings is 1. The van der Waals surface area contributed by atoms with E-state index in [1.165, 1.54) is 0 Å². The number of rotatable bonds is 5.